The van der Waals surface area contributed by atoms with E-state index in [1.807, 2.05) is 46.4 Å². The van der Waals surface area contributed by atoms with Gasteiger partial charge in [0.15, 0.2) is 0 Å². The van der Waals surface area contributed by atoms with Gasteiger partial charge in [0.2, 0.25) is 5.95 Å². The molecule has 1 aliphatic heterocycles. The quantitative estimate of drug-likeness (QED) is 0.532. The maximum absolute atomic E-state index is 4.80. The second-order valence-electron chi connectivity index (χ2n) is 5.97. The third-order valence-electron chi connectivity index (χ3n) is 4.39. The van der Waals surface area contributed by atoms with Crippen molar-refractivity contribution in [1.82, 2.24) is 39.3 Å². The lowest BCUT2D eigenvalue weighted by molar-refractivity contribution is 0.426. The molecule has 4 aromatic rings. The number of aryl methyl sites for hydroxylation is 2. The number of benzene rings is 1. The summed E-state index contributed by atoms with van der Waals surface area (Å²) >= 11 is 0. The zero-order valence-corrected chi connectivity index (χ0v) is 13.9. The average molecular weight is 336 g/mol. The minimum absolute atomic E-state index is 0.571. The predicted molar refractivity (Wildman–Crippen MR) is 90.2 cm³/mol. The summed E-state index contributed by atoms with van der Waals surface area (Å²) in [4.78, 5) is 4.80. The van der Waals surface area contributed by atoms with E-state index in [0.29, 0.717) is 13.3 Å². The van der Waals surface area contributed by atoms with Gasteiger partial charge in [-0.15, -0.1) is 20.4 Å². The van der Waals surface area contributed by atoms with Crippen molar-refractivity contribution < 1.29 is 0 Å². The van der Waals surface area contributed by atoms with Gasteiger partial charge in [-0.3, -0.25) is 9.58 Å². The van der Waals surface area contributed by atoms with Crippen LogP contribution in [0.2, 0.25) is 0 Å². The lowest BCUT2D eigenvalue weighted by Crippen LogP contribution is -2.52. The van der Waals surface area contributed by atoms with Gasteiger partial charge in [-0.1, -0.05) is 12.1 Å². The monoisotopic (exact) mass is 336 g/mol. The molecule has 10 nitrogen and oxygen atoms in total. The van der Waals surface area contributed by atoms with Gasteiger partial charge in [0.05, 0.1) is 11.0 Å². The Morgan fingerprint density at radius 2 is 1.64 bits per heavy atom. The van der Waals surface area contributed by atoms with E-state index in [1.54, 1.807) is 12.7 Å². The van der Waals surface area contributed by atoms with Crippen molar-refractivity contribution >= 4 is 17.0 Å². The summed E-state index contributed by atoms with van der Waals surface area (Å²) in [6, 6.07) is 8.11. The first-order chi connectivity index (χ1) is 12.2. The number of anilines is 1. The number of fused-ring (bicyclic) bond motifs is 3. The van der Waals surface area contributed by atoms with E-state index in [1.165, 1.54) is 0 Å². The molecular weight excluding hydrogens is 320 g/mol. The smallest absolute Gasteiger partial charge is 0.229 e. The Morgan fingerprint density at radius 1 is 0.920 bits per heavy atom. The topological polar surface area (TPSA) is 85.7 Å². The van der Waals surface area contributed by atoms with Crippen molar-refractivity contribution in [2.45, 2.75) is 20.5 Å². The van der Waals surface area contributed by atoms with Gasteiger partial charge in [0.25, 0.3) is 0 Å². The molecule has 1 aromatic carbocycles. The number of imidazole rings is 1. The van der Waals surface area contributed by atoms with Crippen LogP contribution in [0.5, 0.6) is 0 Å². The van der Waals surface area contributed by atoms with E-state index in [-0.39, 0.29) is 0 Å². The molecule has 0 N–H and O–H groups in total. The fraction of sp³-hybridized carbons (Fsp3) is 0.267. The second kappa shape index (κ2) is 5.03. The van der Waals surface area contributed by atoms with E-state index in [9.17, 15) is 0 Å². The minimum atomic E-state index is 0.571. The summed E-state index contributed by atoms with van der Waals surface area (Å²) in [6.07, 6.45) is 3.33. The molecule has 0 unspecified atom stereocenters. The molecule has 4 heterocycles. The summed E-state index contributed by atoms with van der Waals surface area (Å²) in [6.45, 7) is 5.12. The first-order valence-corrected chi connectivity index (χ1v) is 7.94. The largest absolute Gasteiger partial charge is 0.289 e. The minimum Gasteiger partial charge on any atom is -0.289 e. The number of aromatic nitrogens is 8. The Hall–Kier alpha value is -3.43. The van der Waals surface area contributed by atoms with E-state index < -0.39 is 0 Å². The summed E-state index contributed by atoms with van der Waals surface area (Å²) in [5.74, 6) is 2.53. The molecule has 0 saturated heterocycles. The maximum atomic E-state index is 4.80. The van der Waals surface area contributed by atoms with Crippen molar-refractivity contribution in [3.8, 4) is 0 Å². The molecule has 126 valence electrons. The van der Waals surface area contributed by atoms with Gasteiger partial charge in [-0.25, -0.2) is 19.3 Å². The van der Waals surface area contributed by atoms with Crippen LogP contribution in [0.15, 0.2) is 36.9 Å². The van der Waals surface area contributed by atoms with Crippen molar-refractivity contribution in [3.63, 3.8) is 0 Å². The van der Waals surface area contributed by atoms with E-state index >= 15 is 0 Å². The molecule has 25 heavy (non-hydrogen) atoms. The SMILES string of the molecule is Cc1nnc(C)n1N1CN(n2cnnc2)c2nc3ccccc3n2C1. The normalized spacial score (nSPS) is 14.3. The molecule has 0 bridgehead atoms. The van der Waals surface area contributed by atoms with Crippen molar-refractivity contribution in [3.05, 3.63) is 48.6 Å². The lowest BCUT2D eigenvalue weighted by atomic mass is 10.3. The fourth-order valence-electron chi connectivity index (χ4n) is 3.32. The van der Waals surface area contributed by atoms with Crippen LogP contribution in [0, 0.1) is 13.8 Å². The van der Waals surface area contributed by atoms with Crippen LogP contribution >= 0.6 is 0 Å². The van der Waals surface area contributed by atoms with Crippen LogP contribution in [0.3, 0.4) is 0 Å². The predicted octanol–water partition coefficient (Wildman–Crippen LogP) is 0.673. The molecule has 3 aromatic heterocycles. The van der Waals surface area contributed by atoms with E-state index in [0.717, 1.165) is 28.6 Å². The Balaban J connectivity index is 1.70. The fourth-order valence-corrected chi connectivity index (χ4v) is 3.32. The highest BCUT2D eigenvalue weighted by Crippen LogP contribution is 2.27. The number of hydrogen-bond acceptors (Lipinski definition) is 7. The Morgan fingerprint density at radius 3 is 2.40 bits per heavy atom. The van der Waals surface area contributed by atoms with Crippen LogP contribution in [-0.2, 0) is 6.67 Å². The summed E-state index contributed by atoms with van der Waals surface area (Å²) in [5.41, 5.74) is 2.03. The third kappa shape index (κ3) is 2.00. The van der Waals surface area contributed by atoms with Crippen molar-refractivity contribution in [2.24, 2.45) is 0 Å². The highest BCUT2D eigenvalue weighted by atomic mass is 15.8. The standard InChI is InChI=1S/C15H16N10/c1-11-19-20-12(2)25(11)22-9-23-14-6-4-3-5-13(14)18-15(23)24(10-22)21-7-16-17-8-21/h3-8H,9-10H2,1-2H3. The molecule has 5 rings (SSSR count). The van der Waals surface area contributed by atoms with Gasteiger partial charge in [0.1, 0.15) is 37.6 Å². The average Bonchev–Trinajstić information content (AvgIpc) is 3.33. The van der Waals surface area contributed by atoms with Crippen LogP contribution in [0.4, 0.5) is 5.95 Å². The van der Waals surface area contributed by atoms with Crippen LogP contribution in [0.25, 0.3) is 11.0 Å². The molecule has 0 radical (unpaired) electrons. The molecule has 0 aliphatic carbocycles. The number of rotatable bonds is 2. The summed E-state index contributed by atoms with van der Waals surface area (Å²) in [5, 5.41) is 20.4. The first-order valence-electron chi connectivity index (χ1n) is 7.94. The number of hydrogen-bond donors (Lipinski definition) is 0. The molecule has 10 heteroatoms. The number of para-hydroxylation sites is 2. The first kappa shape index (κ1) is 14.0. The molecule has 0 saturated carbocycles. The van der Waals surface area contributed by atoms with Crippen LogP contribution in [-0.4, -0.2) is 46.0 Å². The Labute approximate surface area is 142 Å². The Bertz CT molecular complexity index is 1020. The van der Waals surface area contributed by atoms with Gasteiger partial charge >= 0.3 is 0 Å². The van der Waals surface area contributed by atoms with Crippen LogP contribution < -0.4 is 10.0 Å². The molecule has 0 spiro atoms. The van der Waals surface area contributed by atoms with Gasteiger partial charge < -0.3 is 0 Å². The molecular formula is C15H16N10. The van der Waals surface area contributed by atoms with Crippen molar-refractivity contribution in [2.75, 3.05) is 16.7 Å². The van der Waals surface area contributed by atoms with Gasteiger partial charge in [-0.05, 0) is 26.0 Å². The maximum Gasteiger partial charge on any atom is 0.229 e. The molecule has 0 atom stereocenters. The summed E-state index contributed by atoms with van der Waals surface area (Å²) < 4.78 is 6.02. The highest BCUT2D eigenvalue weighted by Gasteiger charge is 2.29. The van der Waals surface area contributed by atoms with Gasteiger partial charge in [-0.2, -0.15) is 0 Å². The molecule has 0 amide bonds. The molecule has 0 fully saturated rings. The highest BCUT2D eigenvalue weighted by molar-refractivity contribution is 5.79. The second-order valence-corrected chi connectivity index (χ2v) is 5.97. The van der Waals surface area contributed by atoms with E-state index in [4.69, 9.17) is 4.98 Å². The summed E-state index contributed by atoms with van der Waals surface area (Å²) in [7, 11) is 0. The van der Waals surface area contributed by atoms with Gasteiger partial charge in [0, 0.05) is 0 Å². The zero-order chi connectivity index (χ0) is 17.0. The number of nitrogens with zero attached hydrogens (tertiary/aromatic N) is 10. The molecule has 1 aliphatic rings. The van der Waals surface area contributed by atoms with Crippen molar-refractivity contribution in [1.29, 1.82) is 0 Å². The third-order valence-corrected chi connectivity index (χ3v) is 4.39. The van der Waals surface area contributed by atoms with Crippen LogP contribution in [0.1, 0.15) is 11.6 Å². The lowest BCUT2D eigenvalue weighted by Gasteiger charge is -2.38. The zero-order valence-electron chi connectivity index (χ0n) is 13.9. The van der Waals surface area contributed by atoms with E-state index in [2.05, 4.69) is 36.0 Å². The Kier molecular flexibility index (Phi) is 2.81.